The van der Waals surface area contributed by atoms with E-state index in [9.17, 15) is 18.0 Å². The lowest BCUT2D eigenvalue weighted by molar-refractivity contribution is -0.274. The summed E-state index contributed by atoms with van der Waals surface area (Å²) in [6, 6.07) is 12.7. The third-order valence-electron chi connectivity index (χ3n) is 4.10. The molecule has 0 fully saturated rings. The largest absolute Gasteiger partial charge is 0.573 e. The van der Waals surface area contributed by atoms with Gasteiger partial charge >= 0.3 is 6.36 Å². The maximum absolute atomic E-state index is 12.5. The van der Waals surface area contributed by atoms with E-state index in [2.05, 4.69) is 20.3 Å². The van der Waals surface area contributed by atoms with Gasteiger partial charge in [-0.2, -0.15) is 0 Å². The Bertz CT molecular complexity index is 1040. The number of hydrogen-bond acceptors (Lipinski definition) is 6. The number of nitrogens with one attached hydrogen (secondary N) is 1. The van der Waals surface area contributed by atoms with Crippen molar-refractivity contribution in [3.63, 3.8) is 0 Å². The number of methoxy groups -OCH3 is 1. The predicted octanol–water partition coefficient (Wildman–Crippen LogP) is 4.60. The van der Waals surface area contributed by atoms with Crippen LogP contribution >= 0.6 is 11.8 Å². The van der Waals surface area contributed by atoms with Crippen molar-refractivity contribution in [2.24, 2.45) is 0 Å². The molecular weight excluding hydrogens is 433 g/mol. The summed E-state index contributed by atoms with van der Waals surface area (Å²) in [7, 11) is 1.58. The van der Waals surface area contributed by atoms with Crippen LogP contribution in [0.25, 0.3) is 11.4 Å². The van der Waals surface area contributed by atoms with Crippen LogP contribution in [0.5, 0.6) is 11.5 Å². The fourth-order valence-electron chi connectivity index (χ4n) is 2.73. The number of halogens is 3. The average molecular weight is 452 g/mol. The van der Waals surface area contributed by atoms with Crippen LogP contribution in [0.15, 0.2) is 53.7 Å². The highest BCUT2D eigenvalue weighted by molar-refractivity contribution is 7.99. The number of para-hydroxylation sites is 2. The van der Waals surface area contributed by atoms with Crippen LogP contribution in [0.2, 0.25) is 0 Å². The van der Waals surface area contributed by atoms with Gasteiger partial charge in [-0.3, -0.25) is 4.79 Å². The predicted molar refractivity (Wildman–Crippen MR) is 110 cm³/mol. The van der Waals surface area contributed by atoms with Crippen molar-refractivity contribution >= 4 is 23.4 Å². The van der Waals surface area contributed by atoms with Crippen molar-refractivity contribution in [3.8, 4) is 22.9 Å². The minimum absolute atomic E-state index is 0.0682. The van der Waals surface area contributed by atoms with E-state index in [1.807, 2.05) is 35.8 Å². The Hall–Kier alpha value is -3.21. The van der Waals surface area contributed by atoms with Crippen molar-refractivity contribution in [1.29, 1.82) is 0 Å². The van der Waals surface area contributed by atoms with Gasteiger partial charge in [-0.1, -0.05) is 23.9 Å². The van der Waals surface area contributed by atoms with Gasteiger partial charge in [0, 0.05) is 12.1 Å². The first kappa shape index (κ1) is 22.5. The first-order valence-electron chi connectivity index (χ1n) is 9.15. The summed E-state index contributed by atoms with van der Waals surface area (Å²) in [5, 5.41) is 11.3. The molecule has 1 N–H and O–H groups in total. The molecule has 164 valence electrons. The molecule has 3 rings (SSSR count). The zero-order chi connectivity index (χ0) is 22.4. The Kier molecular flexibility index (Phi) is 7.06. The molecule has 0 spiro atoms. The van der Waals surface area contributed by atoms with Crippen molar-refractivity contribution in [3.05, 3.63) is 48.5 Å². The Balaban J connectivity index is 1.68. The Morgan fingerprint density at radius 1 is 1.13 bits per heavy atom. The van der Waals surface area contributed by atoms with Crippen molar-refractivity contribution in [1.82, 2.24) is 14.8 Å². The number of benzene rings is 2. The normalized spacial score (nSPS) is 11.3. The Labute approximate surface area is 180 Å². The molecule has 1 aromatic heterocycles. The van der Waals surface area contributed by atoms with Gasteiger partial charge in [0.2, 0.25) is 5.91 Å². The highest BCUT2D eigenvalue weighted by Crippen LogP contribution is 2.30. The monoisotopic (exact) mass is 452 g/mol. The summed E-state index contributed by atoms with van der Waals surface area (Å²) in [5.41, 5.74) is 0.769. The molecule has 1 amide bonds. The van der Waals surface area contributed by atoms with E-state index in [1.54, 1.807) is 7.11 Å². The van der Waals surface area contributed by atoms with Crippen LogP contribution in [0.3, 0.4) is 0 Å². The average Bonchev–Trinajstić information content (AvgIpc) is 3.15. The summed E-state index contributed by atoms with van der Waals surface area (Å²) < 4.78 is 48.5. The first-order valence-corrected chi connectivity index (χ1v) is 10.1. The zero-order valence-corrected chi connectivity index (χ0v) is 17.5. The first-order chi connectivity index (χ1) is 14.8. The molecule has 0 saturated carbocycles. The molecule has 0 aliphatic heterocycles. The molecule has 0 atom stereocenters. The lowest BCUT2D eigenvalue weighted by atomic mass is 10.2. The van der Waals surface area contributed by atoms with Crippen molar-refractivity contribution in [2.45, 2.75) is 25.0 Å². The molecule has 0 aliphatic rings. The van der Waals surface area contributed by atoms with E-state index in [1.165, 1.54) is 18.2 Å². The minimum Gasteiger partial charge on any atom is -0.497 e. The molecule has 2 aromatic carbocycles. The summed E-state index contributed by atoms with van der Waals surface area (Å²) in [4.78, 5) is 12.3. The van der Waals surface area contributed by atoms with Gasteiger partial charge in [-0.05, 0) is 43.3 Å². The zero-order valence-electron chi connectivity index (χ0n) is 16.6. The van der Waals surface area contributed by atoms with Gasteiger partial charge in [-0.25, -0.2) is 0 Å². The quantitative estimate of drug-likeness (QED) is 0.503. The molecule has 7 nitrogen and oxygen atoms in total. The third kappa shape index (κ3) is 5.91. The number of thioether (sulfide) groups is 1. The second-order valence-corrected chi connectivity index (χ2v) is 7.10. The number of carbonyl (C=O) groups is 1. The van der Waals surface area contributed by atoms with E-state index in [-0.39, 0.29) is 11.4 Å². The van der Waals surface area contributed by atoms with Crippen LogP contribution in [0.4, 0.5) is 18.9 Å². The van der Waals surface area contributed by atoms with Gasteiger partial charge < -0.3 is 19.4 Å². The van der Waals surface area contributed by atoms with Crippen LogP contribution in [-0.2, 0) is 11.3 Å². The highest BCUT2D eigenvalue weighted by atomic mass is 32.2. The second-order valence-electron chi connectivity index (χ2n) is 6.16. The van der Waals surface area contributed by atoms with E-state index in [4.69, 9.17) is 4.74 Å². The smallest absolute Gasteiger partial charge is 0.497 e. The number of alkyl halides is 3. The molecule has 0 saturated heterocycles. The maximum atomic E-state index is 12.5. The van der Waals surface area contributed by atoms with Gasteiger partial charge in [-0.15, -0.1) is 23.4 Å². The SMILES string of the molecule is CCn1c(SCC(=O)Nc2ccccc2OC(F)(F)F)nnc1-c1ccc(OC)cc1. The van der Waals surface area contributed by atoms with E-state index < -0.39 is 18.0 Å². The molecule has 1 heterocycles. The molecule has 0 unspecified atom stereocenters. The highest BCUT2D eigenvalue weighted by Gasteiger charge is 2.32. The topological polar surface area (TPSA) is 78.3 Å². The number of anilines is 1. The number of amides is 1. The molecule has 0 bridgehead atoms. The van der Waals surface area contributed by atoms with Gasteiger partial charge in [0.05, 0.1) is 18.6 Å². The molecule has 3 aromatic rings. The van der Waals surface area contributed by atoms with Crippen LogP contribution in [0, 0.1) is 0 Å². The van der Waals surface area contributed by atoms with E-state index in [0.717, 1.165) is 23.4 Å². The summed E-state index contributed by atoms with van der Waals surface area (Å²) >= 11 is 1.13. The standard InChI is InChI=1S/C20H19F3N4O3S/c1-3-27-18(13-8-10-14(29-2)11-9-13)25-26-19(27)31-12-17(28)24-15-6-4-5-7-16(15)30-20(21,22)23/h4-11H,3,12H2,1-2H3,(H,24,28). The Morgan fingerprint density at radius 2 is 1.84 bits per heavy atom. The number of ether oxygens (including phenoxy) is 2. The fraction of sp³-hybridized carbons (Fsp3) is 0.250. The third-order valence-corrected chi connectivity index (χ3v) is 5.07. The van der Waals surface area contributed by atoms with Crippen molar-refractivity contribution in [2.75, 3.05) is 18.2 Å². The van der Waals surface area contributed by atoms with Crippen LogP contribution in [-0.4, -0.2) is 39.9 Å². The molecule has 0 radical (unpaired) electrons. The van der Waals surface area contributed by atoms with Gasteiger partial charge in [0.15, 0.2) is 16.7 Å². The van der Waals surface area contributed by atoms with Crippen LogP contribution < -0.4 is 14.8 Å². The van der Waals surface area contributed by atoms with Crippen molar-refractivity contribution < 1.29 is 27.4 Å². The second kappa shape index (κ2) is 9.73. The molecule has 31 heavy (non-hydrogen) atoms. The van der Waals surface area contributed by atoms with E-state index >= 15 is 0 Å². The molecular formula is C20H19F3N4O3S. The lowest BCUT2D eigenvalue weighted by Gasteiger charge is -2.13. The lowest BCUT2D eigenvalue weighted by Crippen LogP contribution is -2.20. The molecule has 0 aliphatic carbocycles. The maximum Gasteiger partial charge on any atom is 0.573 e. The minimum atomic E-state index is -4.86. The number of hydrogen-bond donors (Lipinski definition) is 1. The summed E-state index contributed by atoms with van der Waals surface area (Å²) in [5.74, 6) is 0.303. The number of nitrogens with zero attached hydrogens (tertiary/aromatic N) is 3. The number of rotatable bonds is 8. The molecule has 11 heteroatoms. The summed E-state index contributed by atoms with van der Waals surface area (Å²) in [6.45, 7) is 2.49. The number of carbonyl (C=O) groups excluding carboxylic acids is 1. The number of aromatic nitrogens is 3. The van der Waals surface area contributed by atoms with E-state index in [0.29, 0.717) is 23.3 Å². The van der Waals surface area contributed by atoms with Gasteiger partial charge in [0.1, 0.15) is 5.75 Å². The Morgan fingerprint density at radius 3 is 2.48 bits per heavy atom. The van der Waals surface area contributed by atoms with Gasteiger partial charge in [0.25, 0.3) is 0 Å². The van der Waals surface area contributed by atoms with Crippen LogP contribution in [0.1, 0.15) is 6.92 Å². The summed E-state index contributed by atoms with van der Waals surface area (Å²) in [6.07, 6.45) is -4.86. The fourth-order valence-corrected chi connectivity index (χ4v) is 3.54.